The molecular formula is C9H8ClF3N2O3. The fourth-order valence-corrected chi connectivity index (χ4v) is 1.51. The van der Waals surface area contributed by atoms with Crippen molar-refractivity contribution in [2.75, 3.05) is 0 Å². The fraction of sp³-hybridized carbons (Fsp3) is 0.333. The number of alkyl halides is 3. The number of nitro groups is 1. The maximum absolute atomic E-state index is 12.3. The molecule has 0 saturated heterocycles. The second-order valence-corrected chi connectivity index (χ2v) is 3.91. The molecule has 0 spiro atoms. The van der Waals surface area contributed by atoms with Gasteiger partial charge < -0.3 is 10.8 Å². The third-order valence-electron chi connectivity index (χ3n) is 2.22. The SMILES string of the molecule is N[C@H](c1cc(Cl)ccc1[N+](=O)[O-])[C@@H](O)C(F)(F)F. The molecule has 1 aromatic rings. The minimum absolute atomic E-state index is 0.0135. The van der Waals surface area contributed by atoms with E-state index in [1.165, 1.54) is 0 Å². The first-order chi connectivity index (χ1) is 8.14. The zero-order valence-electron chi connectivity index (χ0n) is 8.69. The fourth-order valence-electron chi connectivity index (χ4n) is 1.33. The molecule has 0 amide bonds. The third-order valence-corrected chi connectivity index (χ3v) is 2.46. The van der Waals surface area contributed by atoms with Crippen LogP contribution in [0.1, 0.15) is 11.6 Å². The van der Waals surface area contributed by atoms with Crippen LogP contribution in [0.3, 0.4) is 0 Å². The van der Waals surface area contributed by atoms with Crippen LogP contribution in [0.15, 0.2) is 18.2 Å². The summed E-state index contributed by atoms with van der Waals surface area (Å²) in [5.74, 6) is 0. The highest BCUT2D eigenvalue weighted by Gasteiger charge is 2.44. The maximum Gasteiger partial charge on any atom is 0.416 e. The summed E-state index contributed by atoms with van der Waals surface area (Å²) in [5, 5.41) is 19.6. The molecule has 0 aliphatic rings. The molecule has 100 valence electrons. The predicted octanol–water partition coefficient (Wildman–Crippen LogP) is 2.17. The molecule has 0 unspecified atom stereocenters. The summed E-state index contributed by atoms with van der Waals surface area (Å²) in [6.07, 6.45) is -7.88. The van der Waals surface area contributed by atoms with Crippen molar-refractivity contribution < 1.29 is 23.2 Å². The summed E-state index contributed by atoms with van der Waals surface area (Å²) in [6, 6.07) is 1.03. The third kappa shape index (κ3) is 3.09. The quantitative estimate of drug-likeness (QED) is 0.657. The molecule has 5 nitrogen and oxygen atoms in total. The lowest BCUT2D eigenvalue weighted by Gasteiger charge is -2.21. The summed E-state index contributed by atoms with van der Waals surface area (Å²) >= 11 is 5.54. The van der Waals surface area contributed by atoms with Gasteiger partial charge in [-0.1, -0.05) is 11.6 Å². The van der Waals surface area contributed by atoms with E-state index >= 15 is 0 Å². The molecular weight excluding hydrogens is 277 g/mol. The maximum atomic E-state index is 12.3. The van der Waals surface area contributed by atoms with E-state index in [1.54, 1.807) is 0 Å². The molecule has 3 N–H and O–H groups in total. The largest absolute Gasteiger partial charge is 0.416 e. The number of aliphatic hydroxyl groups excluding tert-OH is 1. The Labute approximate surface area is 104 Å². The molecule has 0 aromatic heterocycles. The van der Waals surface area contributed by atoms with Crippen LogP contribution in [0.5, 0.6) is 0 Å². The average Bonchev–Trinajstić information content (AvgIpc) is 2.25. The van der Waals surface area contributed by atoms with Crippen LogP contribution in [0.25, 0.3) is 0 Å². The lowest BCUT2D eigenvalue weighted by atomic mass is 10.00. The second-order valence-electron chi connectivity index (χ2n) is 3.47. The highest BCUT2D eigenvalue weighted by atomic mass is 35.5. The zero-order chi connectivity index (χ0) is 14.1. The Bertz CT molecular complexity index is 467. The van der Waals surface area contributed by atoms with Crippen LogP contribution in [0.2, 0.25) is 5.02 Å². The summed E-state index contributed by atoms with van der Waals surface area (Å²) < 4.78 is 36.9. The lowest BCUT2D eigenvalue weighted by Crippen LogP contribution is -2.39. The Morgan fingerprint density at radius 2 is 2.00 bits per heavy atom. The number of hydrogen-bond donors (Lipinski definition) is 2. The number of nitrogens with zero attached hydrogens (tertiary/aromatic N) is 1. The van der Waals surface area contributed by atoms with Gasteiger partial charge in [0.05, 0.1) is 16.5 Å². The van der Waals surface area contributed by atoms with E-state index in [9.17, 15) is 23.3 Å². The van der Waals surface area contributed by atoms with E-state index < -0.39 is 34.5 Å². The highest BCUT2D eigenvalue weighted by Crippen LogP contribution is 2.34. The number of nitro benzene ring substituents is 1. The minimum Gasteiger partial charge on any atom is -0.382 e. The second kappa shape index (κ2) is 5.09. The summed E-state index contributed by atoms with van der Waals surface area (Å²) in [5.41, 5.74) is 4.09. The Kier molecular flexibility index (Phi) is 4.15. The van der Waals surface area contributed by atoms with Crippen LogP contribution in [0, 0.1) is 10.1 Å². The van der Waals surface area contributed by atoms with Crippen molar-refractivity contribution in [3.05, 3.63) is 38.9 Å². The van der Waals surface area contributed by atoms with Gasteiger partial charge in [-0.15, -0.1) is 0 Å². The van der Waals surface area contributed by atoms with Crippen LogP contribution >= 0.6 is 11.6 Å². The van der Waals surface area contributed by atoms with E-state index in [1.807, 2.05) is 0 Å². The van der Waals surface area contributed by atoms with E-state index in [4.69, 9.17) is 22.4 Å². The van der Waals surface area contributed by atoms with Crippen molar-refractivity contribution in [1.82, 2.24) is 0 Å². The van der Waals surface area contributed by atoms with Crippen molar-refractivity contribution in [3.63, 3.8) is 0 Å². The van der Waals surface area contributed by atoms with Gasteiger partial charge in [-0.3, -0.25) is 10.1 Å². The zero-order valence-corrected chi connectivity index (χ0v) is 9.44. The highest BCUT2D eigenvalue weighted by molar-refractivity contribution is 6.30. The van der Waals surface area contributed by atoms with Gasteiger partial charge in [0.2, 0.25) is 0 Å². The van der Waals surface area contributed by atoms with Gasteiger partial charge in [0.25, 0.3) is 5.69 Å². The smallest absolute Gasteiger partial charge is 0.382 e. The Hall–Kier alpha value is -1.38. The Morgan fingerprint density at radius 1 is 1.44 bits per heavy atom. The van der Waals surface area contributed by atoms with Crippen molar-refractivity contribution in [1.29, 1.82) is 0 Å². The Morgan fingerprint density at radius 3 is 2.44 bits per heavy atom. The molecule has 2 atom stereocenters. The molecule has 1 rings (SSSR count). The van der Waals surface area contributed by atoms with E-state index in [0.29, 0.717) is 0 Å². The summed E-state index contributed by atoms with van der Waals surface area (Å²) in [6.45, 7) is 0. The molecule has 0 bridgehead atoms. The number of halogens is 4. The monoisotopic (exact) mass is 284 g/mol. The molecule has 0 saturated carbocycles. The summed E-state index contributed by atoms with van der Waals surface area (Å²) in [4.78, 5) is 9.76. The summed E-state index contributed by atoms with van der Waals surface area (Å²) in [7, 11) is 0. The van der Waals surface area contributed by atoms with Gasteiger partial charge in [0, 0.05) is 11.1 Å². The lowest BCUT2D eigenvalue weighted by molar-refractivity contribution is -0.386. The van der Waals surface area contributed by atoms with E-state index in [0.717, 1.165) is 18.2 Å². The molecule has 0 aliphatic carbocycles. The van der Waals surface area contributed by atoms with Gasteiger partial charge in [0.1, 0.15) is 0 Å². The van der Waals surface area contributed by atoms with Gasteiger partial charge >= 0.3 is 6.18 Å². The number of benzene rings is 1. The minimum atomic E-state index is -4.98. The first kappa shape index (κ1) is 14.7. The molecule has 18 heavy (non-hydrogen) atoms. The average molecular weight is 285 g/mol. The van der Waals surface area contributed by atoms with Crippen molar-refractivity contribution in [2.24, 2.45) is 5.73 Å². The first-order valence-electron chi connectivity index (χ1n) is 4.58. The molecule has 0 radical (unpaired) electrons. The van der Waals surface area contributed by atoms with E-state index in [2.05, 4.69) is 0 Å². The molecule has 0 heterocycles. The molecule has 9 heteroatoms. The van der Waals surface area contributed by atoms with Crippen LogP contribution in [-0.2, 0) is 0 Å². The van der Waals surface area contributed by atoms with Gasteiger partial charge in [-0.25, -0.2) is 0 Å². The van der Waals surface area contributed by atoms with E-state index in [-0.39, 0.29) is 5.02 Å². The molecule has 0 aliphatic heterocycles. The topological polar surface area (TPSA) is 89.4 Å². The van der Waals surface area contributed by atoms with Crippen molar-refractivity contribution >= 4 is 17.3 Å². The van der Waals surface area contributed by atoms with Crippen LogP contribution < -0.4 is 5.73 Å². The number of nitrogens with two attached hydrogens (primary N) is 1. The predicted molar refractivity (Wildman–Crippen MR) is 57.1 cm³/mol. The molecule has 0 fully saturated rings. The van der Waals surface area contributed by atoms with Crippen molar-refractivity contribution in [2.45, 2.75) is 18.3 Å². The number of rotatable bonds is 3. The number of hydrogen-bond acceptors (Lipinski definition) is 4. The first-order valence-corrected chi connectivity index (χ1v) is 4.96. The number of aliphatic hydroxyl groups is 1. The standard InChI is InChI=1S/C9H8ClF3N2O3/c10-4-1-2-6(15(17)18)5(3-4)7(14)8(16)9(11,12)13/h1-3,7-8,16H,14H2/t7-,8-/m1/s1. The normalized spacial score (nSPS) is 15.2. The molecule has 1 aromatic carbocycles. The van der Waals surface area contributed by atoms with Gasteiger partial charge in [0.15, 0.2) is 6.10 Å². The van der Waals surface area contributed by atoms with Crippen LogP contribution in [0.4, 0.5) is 18.9 Å². The van der Waals surface area contributed by atoms with Crippen LogP contribution in [-0.4, -0.2) is 22.3 Å². The van der Waals surface area contributed by atoms with Gasteiger partial charge in [-0.2, -0.15) is 13.2 Å². The van der Waals surface area contributed by atoms with Crippen molar-refractivity contribution in [3.8, 4) is 0 Å². The van der Waals surface area contributed by atoms with Gasteiger partial charge in [-0.05, 0) is 12.1 Å². The Balaban J connectivity index is 3.23.